The molecular weight excluding hydrogens is 268 g/mol. The lowest BCUT2D eigenvalue weighted by molar-refractivity contribution is -0.149. The Morgan fingerprint density at radius 1 is 1.41 bits per heavy atom. The molecular formula is C11H12Cl2FNO2. The molecule has 94 valence electrons. The van der Waals surface area contributed by atoms with Gasteiger partial charge in [0.15, 0.2) is 0 Å². The third kappa shape index (κ3) is 3.84. The number of hydrogen-bond acceptors (Lipinski definition) is 3. The zero-order chi connectivity index (χ0) is 13.0. The summed E-state index contributed by atoms with van der Waals surface area (Å²) in [6, 6.07) is 3.27. The van der Waals surface area contributed by atoms with Gasteiger partial charge in [0.1, 0.15) is 0 Å². The molecule has 1 aromatic rings. The summed E-state index contributed by atoms with van der Waals surface area (Å²) in [4.78, 5) is 11.2. The Morgan fingerprint density at radius 3 is 2.41 bits per heavy atom. The average Bonchev–Trinajstić information content (AvgIpc) is 2.26. The molecule has 0 fully saturated rings. The number of halogens is 3. The van der Waals surface area contributed by atoms with Gasteiger partial charge < -0.3 is 10.5 Å². The molecule has 3 nitrogen and oxygen atoms in total. The van der Waals surface area contributed by atoms with Gasteiger partial charge in [0.2, 0.25) is 6.17 Å². The lowest BCUT2D eigenvalue weighted by Crippen LogP contribution is -2.31. The third-order valence-electron chi connectivity index (χ3n) is 2.10. The van der Waals surface area contributed by atoms with E-state index in [9.17, 15) is 9.18 Å². The van der Waals surface area contributed by atoms with Gasteiger partial charge in [-0.1, -0.05) is 23.2 Å². The second kappa shape index (κ2) is 6.19. The van der Waals surface area contributed by atoms with Crippen molar-refractivity contribution < 1.29 is 13.9 Å². The minimum Gasteiger partial charge on any atom is -0.464 e. The van der Waals surface area contributed by atoms with E-state index in [1.54, 1.807) is 6.92 Å². The second-order valence-corrected chi connectivity index (χ2v) is 4.26. The van der Waals surface area contributed by atoms with E-state index in [1.165, 1.54) is 18.2 Å². The molecule has 2 atom stereocenters. The summed E-state index contributed by atoms with van der Waals surface area (Å²) in [5.74, 6) is -0.990. The first kappa shape index (κ1) is 14.2. The summed E-state index contributed by atoms with van der Waals surface area (Å²) >= 11 is 11.5. The molecule has 0 amide bonds. The van der Waals surface area contributed by atoms with Crippen LogP contribution in [0.3, 0.4) is 0 Å². The highest BCUT2D eigenvalue weighted by Crippen LogP contribution is 2.25. The van der Waals surface area contributed by atoms with Crippen molar-refractivity contribution in [2.45, 2.75) is 19.1 Å². The quantitative estimate of drug-likeness (QED) is 0.863. The number of ether oxygens (including phenoxy) is 1. The number of esters is 1. The minimum absolute atomic E-state index is 0.0995. The predicted octanol–water partition coefficient (Wildman–Crippen LogP) is 2.89. The van der Waals surface area contributed by atoms with E-state index in [4.69, 9.17) is 28.9 Å². The van der Waals surface area contributed by atoms with Crippen LogP contribution in [0.15, 0.2) is 18.2 Å². The SMILES string of the molecule is CCOC(=O)C(F)[C@@H](N)c1cc(Cl)cc(Cl)c1. The lowest BCUT2D eigenvalue weighted by atomic mass is 10.0. The highest BCUT2D eigenvalue weighted by Gasteiger charge is 2.28. The maximum Gasteiger partial charge on any atom is 0.342 e. The molecule has 0 spiro atoms. The molecule has 2 N–H and O–H groups in total. The minimum atomic E-state index is -1.94. The normalized spacial score (nSPS) is 14.2. The van der Waals surface area contributed by atoms with E-state index in [1.807, 2.05) is 0 Å². The predicted molar refractivity (Wildman–Crippen MR) is 64.9 cm³/mol. The smallest absolute Gasteiger partial charge is 0.342 e. The number of hydrogen-bond donors (Lipinski definition) is 1. The van der Waals surface area contributed by atoms with Crippen LogP contribution in [-0.4, -0.2) is 18.7 Å². The number of carbonyl (C=O) groups is 1. The standard InChI is InChI=1S/C11H12Cl2FNO2/c1-2-17-11(16)9(14)10(15)6-3-7(12)5-8(13)4-6/h3-5,9-10H,2,15H2,1H3/t9?,10-/m0/s1. The summed E-state index contributed by atoms with van der Waals surface area (Å²) in [5.41, 5.74) is 5.96. The van der Waals surface area contributed by atoms with Crippen LogP contribution in [0.2, 0.25) is 10.0 Å². The van der Waals surface area contributed by atoms with Crippen molar-refractivity contribution in [3.05, 3.63) is 33.8 Å². The molecule has 0 aromatic heterocycles. The van der Waals surface area contributed by atoms with Gasteiger partial charge in [-0.25, -0.2) is 9.18 Å². The summed E-state index contributed by atoms with van der Waals surface area (Å²) < 4.78 is 18.2. The largest absolute Gasteiger partial charge is 0.464 e. The highest BCUT2D eigenvalue weighted by atomic mass is 35.5. The van der Waals surface area contributed by atoms with Gasteiger partial charge in [-0.15, -0.1) is 0 Å². The second-order valence-electron chi connectivity index (χ2n) is 3.38. The van der Waals surface area contributed by atoms with Gasteiger partial charge in [-0.3, -0.25) is 0 Å². The van der Waals surface area contributed by atoms with Gasteiger partial charge in [-0.05, 0) is 30.7 Å². The molecule has 0 aliphatic rings. The van der Waals surface area contributed by atoms with Crippen LogP contribution in [-0.2, 0) is 9.53 Å². The molecule has 0 radical (unpaired) electrons. The summed E-state index contributed by atoms with van der Waals surface area (Å²) in [6.07, 6.45) is -1.94. The molecule has 0 saturated heterocycles. The van der Waals surface area contributed by atoms with Crippen molar-refractivity contribution >= 4 is 29.2 Å². The number of nitrogens with two attached hydrogens (primary N) is 1. The van der Waals surface area contributed by atoms with E-state index in [0.717, 1.165) is 0 Å². The van der Waals surface area contributed by atoms with E-state index in [2.05, 4.69) is 4.74 Å². The van der Waals surface area contributed by atoms with Crippen molar-refractivity contribution in [2.75, 3.05) is 6.61 Å². The van der Waals surface area contributed by atoms with Crippen LogP contribution < -0.4 is 5.73 Å². The molecule has 0 aliphatic carbocycles. The van der Waals surface area contributed by atoms with Crippen molar-refractivity contribution in [1.29, 1.82) is 0 Å². The molecule has 0 aliphatic heterocycles. The molecule has 17 heavy (non-hydrogen) atoms. The fourth-order valence-corrected chi connectivity index (χ4v) is 1.85. The van der Waals surface area contributed by atoms with Crippen molar-refractivity contribution in [3.63, 3.8) is 0 Å². The van der Waals surface area contributed by atoms with Crippen LogP contribution in [0.5, 0.6) is 0 Å². The summed E-state index contributed by atoms with van der Waals surface area (Å²) in [7, 11) is 0. The first-order chi connectivity index (χ1) is 7.95. The first-order valence-corrected chi connectivity index (χ1v) is 5.73. The Kier molecular flexibility index (Phi) is 5.18. The topological polar surface area (TPSA) is 52.3 Å². The Balaban J connectivity index is 2.87. The van der Waals surface area contributed by atoms with Crippen LogP contribution in [0, 0.1) is 0 Å². The van der Waals surface area contributed by atoms with Crippen molar-refractivity contribution in [3.8, 4) is 0 Å². The van der Waals surface area contributed by atoms with E-state index in [-0.39, 0.29) is 6.61 Å². The van der Waals surface area contributed by atoms with Crippen molar-refractivity contribution in [2.24, 2.45) is 5.73 Å². The molecule has 0 heterocycles. The Bertz CT molecular complexity index is 394. The molecule has 1 unspecified atom stereocenters. The van der Waals surface area contributed by atoms with E-state index >= 15 is 0 Å². The van der Waals surface area contributed by atoms with Gasteiger partial charge in [0.25, 0.3) is 0 Å². The van der Waals surface area contributed by atoms with Crippen LogP contribution in [0.1, 0.15) is 18.5 Å². The van der Waals surface area contributed by atoms with E-state index in [0.29, 0.717) is 15.6 Å². The third-order valence-corrected chi connectivity index (χ3v) is 2.53. The van der Waals surface area contributed by atoms with Crippen LogP contribution in [0.25, 0.3) is 0 Å². The zero-order valence-corrected chi connectivity index (χ0v) is 10.6. The van der Waals surface area contributed by atoms with Crippen molar-refractivity contribution in [1.82, 2.24) is 0 Å². The van der Waals surface area contributed by atoms with Gasteiger partial charge in [-0.2, -0.15) is 0 Å². The Labute approximate surface area is 109 Å². The number of rotatable bonds is 4. The molecule has 1 aromatic carbocycles. The average molecular weight is 280 g/mol. The summed E-state index contributed by atoms with van der Waals surface area (Å²) in [6.45, 7) is 1.69. The fourth-order valence-electron chi connectivity index (χ4n) is 1.31. The van der Waals surface area contributed by atoms with Gasteiger partial charge in [0.05, 0.1) is 12.6 Å². The number of carbonyl (C=O) groups excluding carboxylic acids is 1. The molecule has 0 saturated carbocycles. The van der Waals surface area contributed by atoms with Crippen LogP contribution >= 0.6 is 23.2 Å². The molecule has 1 rings (SSSR count). The maximum absolute atomic E-state index is 13.6. The monoisotopic (exact) mass is 279 g/mol. The van der Waals surface area contributed by atoms with Gasteiger partial charge >= 0.3 is 5.97 Å². The van der Waals surface area contributed by atoms with E-state index < -0.39 is 18.2 Å². The number of benzene rings is 1. The summed E-state index contributed by atoms with van der Waals surface area (Å²) in [5, 5.41) is 0.665. The molecule has 0 bridgehead atoms. The lowest BCUT2D eigenvalue weighted by Gasteiger charge is -2.16. The highest BCUT2D eigenvalue weighted by molar-refractivity contribution is 6.34. The van der Waals surface area contributed by atoms with Gasteiger partial charge in [0, 0.05) is 10.0 Å². The van der Waals surface area contributed by atoms with Crippen LogP contribution in [0.4, 0.5) is 4.39 Å². The molecule has 6 heteroatoms. The Hall–Kier alpha value is -0.840. The fraction of sp³-hybridized carbons (Fsp3) is 0.364. The Morgan fingerprint density at radius 2 is 1.94 bits per heavy atom. The zero-order valence-electron chi connectivity index (χ0n) is 9.12. The number of alkyl halides is 1. The first-order valence-electron chi connectivity index (χ1n) is 4.98. The maximum atomic E-state index is 13.6.